The molecule has 0 radical (unpaired) electrons. The van der Waals surface area contributed by atoms with E-state index in [4.69, 9.17) is 4.52 Å². The first-order valence-electron chi connectivity index (χ1n) is 7.55. The summed E-state index contributed by atoms with van der Waals surface area (Å²) in [6.07, 6.45) is 1.17. The summed E-state index contributed by atoms with van der Waals surface area (Å²) in [5.41, 5.74) is 1.01. The minimum atomic E-state index is -3.38. The molecule has 0 saturated heterocycles. The molecule has 8 heteroatoms. The second kappa shape index (κ2) is 7.56. The zero-order valence-corrected chi connectivity index (χ0v) is 14.4. The molecule has 2 N–H and O–H groups in total. The molecule has 0 spiro atoms. The minimum absolute atomic E-state index is 0.0656. The van der Waals surface area contributed by atoms with Gasteiger partial charge in [-0.2, -0.15) is 4.98 Å². The molecule has 2 aromatic rings. The summed E-state index contributed by atoms with van der Waals surface area (Å²) >= 11 is 0. The third kappa shape index (κ3) is 4.77. The van der Waals surface area contributed by atoms with Crippen LogP contribution in [0.25, 0.3) is 11.5 Å². The largest absolute Gasteiger partial charge is 0.334 e. The van der Waals surface area contributed by atoms with E-state index in [9.17, 15) is 8.42 Å². The molecule has 0 aliphatic heterocycles. The van der Waals surface area contributed by atoms with Crippen LogP contribution >= 0.6 is 0 Å². The minimum Gasteiger partial charge on any atom is -0.334 e. The molecule has 0 aliphatic carbocycles. The highest BCUT2D eigenvalue weighted by molar-refractivity contribution is 7.92. The van der Waals surface area contributed by atoms with Gasteiger partial charge in [0.05, 0.1) is 17.0 Å². The predicted molar refractivity (Wildman–Crippen MR) is 89.7 cm³/mol. The summed E-state index contributed by atoms with van der Waals surface area (Å²) in [6.45, 7) is 3.83. The monoisotopic (exact) mass is 338 g/mol. The molecule has 1 unspecified atom stereocenters. The van der Waals surface area contributed by atoms with E-state index < -0.39 is 10.0 Å². The van der Waals surface area contributed by atoms with Gasteiger partial charge >= 0.3 is 0 Å². The van der Waals surface area contributed by atoms with Crippen molar-refractivity contribution in [2.75, 3.05) is 17.5 Å². The van der Waals surface area contributed by atoms with Crippen LogP contribution in [0.4, 0.5) is 5.69 Å². The number of para-hydroxylation sites is 1. The van der Waals surface area contributed by atoms with Gasteiger partial charge in [-0.05, 0) is 32.5 Å². The Balaban J connectivity index is 2.27. The highest BCUT2D eigenvalue weighted by atomic mass is 32.2. The summed E-state index contributed by atoms with van der Waals surface area (Å²) in [4.78, 5) is 4.35. The Morgan fingerprint density at radius 1 is 1.30 bits per heavy atom. The molecule has 0 amide bonds. The molecule has 126 valence electrons. The van der Waals surface area contributed by atoms with Gasteiger partial charge in [0.1, 0.15) is 0 Å². The third-order valence-corrected chi connectivity index (χ3v) is 4.82. The number of anilines is 1. The lowest BCUT2D eigenvalue weighted by molar-refractivity contribution is 0.418. The van der Waals surface area contributed by atoms with Crippen LogP contribution in [0.1, 0.15) is 26.1 Å². The normalized spacial score (nSPS) is 13.0. The average molecular weight is 338 g/mol. The van der Waals surface area contributed by atoms with Crippen LogP contribution in [0.2, 0.25) is 0 Å². The Hall–Kier alpha value is -1.93. The third-order valence-electron chi connectivity index (χ3n) is 3.35. The molecule has 0 bridgehead atoms. The second-order valence-electron chi connectivity index (χ2n) is 5.38. The fraction of sp³-hybridized carbons (Fsp3) is 0.467. The zero-order valence-electron chi connectivity index (χ0n) is 13.5. The van der Waals surface area contributed by atoms with E-state index in [2.05, 4.69) is 20.2 Å². The second-order valence-corrected chi connectivity index (χ2v) is 7.22. The predicted octanol–water partition coefficient (Wildman–Crippen LogP) is 2.04. The van der Waals surface area contributed by atoms with Crippen molar-refractivity contribution in [3.8, 4) is 11.5 Å². The first-order valence-corrected chi connectivity index (χ1v) is 9.20. The van der Waals surface area contributed by atoms with Crippen molar-refractivity contribution in [2.24, 2.45) is 0 Å². The van der Waals surface area contributed by atoms with E-state index in [-0.39, 0.29) is 11.8 Å². The highest BCUT2D eigenvalue weighted by Crippen LogP contribution is 2.27. The standard InChI is InChI=1S/C15H22N4O3S/c1-4-9-23(20,21)19-13-8-6-5-7-12(13)15-17-14(18-22-15)10-11(2)16-3/h5-8,11,16,19H,4,9-10H2,1-3H3. The molecule has 1 atom stereocenters. The van der Waals surface area contributed by atoms with Crippen LogP contribution in [0, 0.1) is 0 Å². The Morgan fingerprint density at radius 3 is 2.74 bits per heavy atom. The van der Waals surface area contributed by atoms with Crippen molar-refractivity contribution in [2.45, 2.75) is 32.7 Å². The maximum absolute atomic E-state index is 12.0. The summed E-state index contributed by atoms with van der Waals surface area (Å²) in [5.74, 6) is 0.946. The van der Waals surface area contributed by atoms with Gasteiger partial charge in [-0.25, -0.2) is 8.42 Å². The van der Waals surface area contributed by atoms with E-state index in [1.54, 1.807) is 24.3 Å². The number of hydrogen-bond acceptors (Lipinski definition) is 6. The van der Waals surface area contributed by atoms with E-state index in [1.807, 2.05) is 20.9 Å². The van der Waals surface area contributed by atoms with Gasteiger partial charge in [-0.1, -0.05) is 24.2 Å². The maximum atomic E-state index is 12.0. The van der Waals surface area contributed by atoms with E-state index >= 15 is 0 Å². The van der Waals surface area contributed by atoms with Crippen LogP contribution in [0.5, 0.6) is 0 Å². The SMILES string of the molecule is CCCS(=O)(=O)Nc1ccccc1-c1nc(CC(C)NC)no1. The van der Waals surface area contributed by atoms with Gasteiger partial charge in [-0.3, -0.25) is 4.72 Å². The lowest BCUT2D eigenvalue weighted by Crippen LogP contribution is -2.24. The lowest BCUT2D eigenvalue weighted by atomic mass is 10.2. The molecule has 0 saturated carbocycles. The first kappa shape index (κ1) is 17.4. The number of rotatable bonds is 8. The Morgan fingerprint density at radius 2 is 2.04 bits per heavy atom. The molecule has 0 fully saturated rings. The fourth-order valence-electron chi connectivity index (χ4n) is 2.07. The Kier molecular flexibility index (Phi) is 5.73. The van der Waals surface area contributed by atoms with Crippen molar-refractivity contribution < 1.29 is 12.9 Å². The first-order chi connectivity index (χ1) is 10.9. The number of likely N-dealkylation sites (N-methyl/N-ethyl adjacent to an activating group) is 1. The van der Waals surface area contributed by atoms with Gasteiger partial charge in [0.25, 0.3) is 5.89 Å². The van der Waals surface area contributed by atoms with E-state index in [0.29, 0.717) is 35.8 Å². The van der Waals surface area contributed by atoms with E-state index in [0.717, 1.165) is 0 Å². The molecule has 1 heterocycles. The fourth-order valence-corrected chi connectivity index (χ4v) is 3.22. The van der Waals surface area contributed by atoms with Crippen LogP contribution in [-0.2, 0) is 16.4 Å². The van der Waals surface area contributed by atoms with E-state index in [1.165, 1.54) is 0 Å². The van der Waals surface area contributed by atoms with Crippen molar-refractivity contribution in [3.63, 3.8) is 0 Å². The molecule has 0 aliphatic rings. The molecular weight excluding hydrogens is 316 g/mol. The zero-order chi connectivity index (χ0) is 16.9. The molecule has 7 nitrogen and oxygen atoms in total. The van der Waals surface area contributed by atoms with Gasteiger partial charge in [0, 0.05) is 12.5 Å². The van der Waals surface area contributed by atoms with Crippen molar-refractivity contribution in [1.29, 1.82) is 0 Å². The summed E-state index contributed by atoms with van der Waals surface area (Å²) in [5, 5.41) is 7.06. The van der Waals surface area contributed by atoms with Crippen LogP contribution in [0.3, 0.4) is 0 Å². The molecule has 1 aromatic heterocycles. The Labute approximate surface area is 136 Å². The number of aromatic nitrogens is 2. The maximum Gasteiger partial charge on any atom is 0.260 e. The average Bonchev–Trinajstić information content (AvgIpc) is 2.95. The highest BCUT2D eigenvalue weighted by Gasteiger charge is 2.17. The van der Waals surface area contributed by atoms with Crippen molar-refractivity contribution in [3.05, 3.63) is 30.1 Å². The summed E-state index contributed by atoms with van der Waals surface area (Å²) in [7, 11) is -1.52. The summed E-state index contributed by atoms with van der Waals surface area (Å²) in [6, 6.07) is 7.21. The van der Waals surface area contributed by atoms with Crippen molar-refractivity contribution >= 4 is 15.7 Å². The lowest BCUT2D eigenvalue weighted by Gasteiger charge is -2.09. The molecule has 2 rings (SSSR count). The van der Waals surface area contributed by atoms with Gasteiger partial charge in [0.2, 0.25) is 10.0 Å². The number of nitrogens with zero attached hydrogens (tertiary/aromatic N) is 2. The molecule has 1 aromatic carbocycles. The van der Waals surface area contributed by atoms with Gasteiger partial charge in [0.15, 0.2) is 5.82 Å². The number of nitrogens with one attached hydrogen (secondary N) is 2. The van der Waals surface area contributed by atoms with Gasteiger partial charge < -0.3 is 9.84 Å². The van der Waals surface area contributed by atoms with Crippen LogP contribution in [0.15, 0.2) is 28.8 Å². The van der Waals surface area contributed by atoms with Crippen LogP contribution in [-0.4, -0.2) is 37.4 Å². The molecular formula is C15H22N4O3S. The summed E-state index contributed by atoms with van der Waals surface area (Å²) < 4.78 is 31.8. The smallest absolute Gasteiger partial charge is 0.260 e. The van der Waals surface area contributed by atoms with Crippen LogP contribution < -0.4 is 10.0 Å². The number of hydrogen-bond donors (Lipinski definition) is 2. The number of benzene rings is 1. The quantitative estimate of drug-likeness (QED) is 0.764. The molecule has 23 heavy (non-hydrogen) atoms. The van der Waals surface area contributed by atoms with Gasteiger partial charge in [-0.15, -0.1) is 0 Å². The number of sulfonamides is 1. The Bertz CT molecular complexity index is 743. The topological polar surface area (TPSA) is 97.1 Å². The van der Waals surface area contributed by atoms with Crippen molar-refractivity contribution in [1.82, 2.24) is 15.5 Å².